The number of carbonyl (C=O) groups excluding carboxylic acids is 1. The molecule has 2 amide bonds. The Hall–Kier alpha value is -1.26. The number of hydrogen-bond acceptors (Lipinski definition) is 2. The van der Waals surface area contributed by atoms with E-state index in [0.717, 1.165) is 6.42 Å². The van der Waals surface area contributed by atoms with E-state index in [4.69, 9.17) is 5.11 Å². The number of carbonyl (C=O) groups is 2. The van der Waals surface area contributed by atoms with Gasteiger partial charge in [0.05, 0.1) is 0 Å². The Balaban J connectivity index is 3.50. The van der Waals surface area contributed by atoms with Crippen LogP contribution in [-0.4, -0.2) is 30.2 Å². The van der Waals surface area contributed by atoms with Crippen LogP contribution in [0.4, 0.5) is 4.79 Å². The van der Waals surface area contributed by atoms with Crippen LogP contribution in [0.5, 0.6) is 0 Å². The predicted octanol–water partition coefficient (Wildman–Crippen LogP) is 0.806. The molecule has 0 radical (unpaired) electrons. The van der Waals surface area contributed by atoms with Crippen LogP contribution in [0.15, 0.2) is 0 Å². The number of carboxylic acids is 1. The first kappa shape index (κ1) is 12.7. The zero-order valence-corrected chi connectivity index (χ0v) is 8.89. The lowest BCUT2D eigenvalue weighted by molar-refractivity contribution is -0.135. The Kier molecular flexibility index (Phi) is 4.97. The van der Waals surface area contributed by atoms with Gasteiger partial charge in [0.15, 0.2) is 0 Å². The Bertz CT molecular complexity index is 209. The first-order valence-corrected chi connectivity index (χ1v) is 4.55. The molecular weight excluding hydrogens is 184 g/mol. The van der Waals surface area contributed by atoms with Crippen molar-refractivity contribution in [3.8, 4) is 0 Å². The summed E-state index contributed by atoms with van der Waals surface area (Å²) in [6.45, 7) is 6.42. The van der Waals surface area contributed by atoms with Crippen LogP contribution in [0.25, 0.3) is 0 Å². The highest BCUT2D eigenvalue weighted by Gasteiger charge is 2.10. The van der Waals surface area contributed by atoms with Crippen LogP contribution in [-0.2, 0) is 4.79 Å². The number of amides is 2. The second-order valence-electron chi connectivity index (χ2n) is 4.31. The highest BCUT2D eigenvalue weighted by Crippen LogP contribution is 2.16. The summed E-state index contributed by atoms with van der Waals surface area (Å²) < 4.78 is 0. The smallest absolute Gasteiger partial charge is 0.323 e. The van der Waals surface area contributed by atoms with Gasteiger partial charge in [-0.25, -0.2) is 4.79 Å². The molecule has 0 fully saturated rings. The van der Waals surface area contributed by atoms with Gasteiger partial charge in [0.2, 0.25) is 0 Å². The summed E-state index contributed by atoms with van der Waals surface area (Å²) in [6.07, 6.45) is 0.855. The molecular formula is C9H18N2O3. The quantitative estimate of drug-likeness (QED) is 0.631. The lowest BCUT2D eigenvalue weighted by Crippen LogP contribution is -2.39. The number of nitrogens with one attached hydrogen (secondary N) is 2. The van der Waals surface area contributed by atoms with E-state index in [2.05, 4.69) is 31.4 Å². The fourth-order valence-corrected chi connectivity index (χ4v) is 0.769. The molecule has 3 N–H and O–H groups in total. The van der Waals surface area contributed by atoms with Crippen molar-refractivity contribution in [2.45, 2.75) is 27.2 Å². The number of aliphatic carboxylic acids is 1. The van der Waals surface area contributed by atoms with Gasteiger partial charge in [-0.2, -0.15) is 0 Å². The average Bonchev–Trinajstić information content (AvgIpc) is 1.98. The maximum atomic E-state index is 10.9. The lowest BCUT2D eigenvalue weighted by Gasteiger charge is -2.17. The molecule has 0 aliphatic carbocycles. The minimum atomic E-state index is -1.05. The van der Waals surface area contributed by atoms with Crippen molar-refractivity contribution >= 4 is 12.0 Å². The van der Waals surface area contributed by atoms with Gasteiger partial charge in [0, 0.05) is 6.54 Å². The van der Waals surface area contributed by atoms with Crippen molar-refractivity contribution < 1.29 is 14.7 Å². The van der Waals surface area contributed by atoms with E-state index in [1.807, 2.05) is 0 Å². The number of hydrogen-bond donors (Lipinski definition) is 3. The van der Waals surface area contributed by atoms with E-state index in [0.29, 0.717) is 6.54 Å². The van der Waals surface area contributed by atoms with E-state index in [9.17, 15) is 9.59 Å². The van der Waals surface area contributed by atoms with Crippen molar-refractivity contribution in [3.63, 3.8) is 0 Å². The lowest BCUT2D eigenvalue weighted by atomic mass is 9.92. The standard InChI is InChI=1S/C9H18N2O3/c1-9(2,3)4-5-10-8(14)11-6-7(12)13/h4-6H2,1-3H3,(H,12,13)(H2,10,11,14). The van der Waals surface area contributed by atoms with Crippen LogP contribution in [0.3, 0.4) is 0 Å². The summed E-state index contributed by atoms with van der Waals surface area (Å²) in [5.74, 6) is -1.05. The Labute approximate surface area is 83.9 Å². The van der Waals surface area contributed by atoms with Crippen molar-refractivity contribution in [2.24, 2.45) is 5.41 Å². The molecule has 5 nitrogen and oxygen atoms in total. The van der Waals surface area contributed by atoms with E-state index in [1.54, 1.807) is 0 Å². The molecule has 0 aromatic rings. The molecule has 14 heavy (non-hydrogen) atoms. The third-order valence-corrected chi connectivity index (χ3v) is 1.56. The molecule has 0 atom stereocenters. The van der Waals surface area contributed by atoms with Crippen LogP contribution < -0.4 is 10.6 Å². The SMILES string of the molecule is CC(C)(C)CCNC(=O)NCC(=O)O. The normalized spacial score (nSPS) is 10.8. The number of carboxylic acid groups (broad SMARTS) is 1. The van der Waals surface area contributed by atoms with Crippen LogP contribution in [0.2, 0.25) is 0 Å². The molecule has 0 saturated carbocycles. The molecule has 0 aromatic heterocycles. The Morgan fingerprint density at radius 2 is 1.79 bits per heavy atom. The summed E-state index contributed by atoms with van der Waals surface area (Å²) >= 11 is 0. The summed E-state index contributed by atoms with van der Waals surface area (Å²) in [5.41, 5.74) is 0.167. The van der Waals surface area contributed by atoms with Gasteiger partial charge in [0.1, 0.15) is 6.54 Å². The molecule has 0 rings (SSSR count). The van der Waals surface area contributed by atoms with Crippen molar-refractivity contribution in [1.82, 2.24) is 10.6 Å². The molecule has 0 unspecified atom stereocenters. The van der Waals surface area contributed by atoms with E-state index < -0.39 is 12.0 Å². The molecule has 5 heteroatoms. The van der Waals surface area contributed by atoms with Crippen molar-refractivity contribution in [2.75, 3.05) is 13.1 Å². The summed E-state index contributed by atoms with van der Waals surface area (Å²) in [5, 5.41) is 13.1. The highest BCUT2D eigenvalue weighted by molar-refractivity contribution is 5.79. The monoisotopic (exact) mass is 202 g/mol. The summed E-state index contributed by atoms with van der Waals surface area (Å²) in [6, 6.07) is -0.434. The van der Waals surface area contributed by atoms with Gasteiger partial charge in [0.25, 0.3) is 0 Å². The van der Waals surface area contributed by atoms with Crippen LogP contribution in [0, 0.1) is 5.41 Å². The fraction of sp³-hybridized carbons (Fsp3) is 0.778. The fourth-order valence-electron chi connectivity index (χ4n) is 0.769. The molecule has 0 saturated heterocycles. The minimum Gasteiger partial charge on any atom is -0.480 e. The van der Waals surface area contributed by atoms with E-state index >= 15 is 0 Å². The molecule has 0 aliphatic rings. The van der Waals surface area contributed by atoms with E-state index in [1.165, 1.54) is 0 Å². The predicted molar refractivity (Wildman–Crippen MR) is 53.1 cm³/mol. The molecule has 0 aromatic carbocycles. The second kappa shape index (κ2) is 5.47. The summed E-state index contributed by atoms with van der Waals surface area (Å²) in [7, 11) is 0. The highest BCUT2D eigenvalue weighted by atomic mass is 16.4. The second-order valence-corrected chi connectivity index (χ2v) is 4.31. The largest absolute Gasteiger partial charge is 0.480 e. The molecule has 82 valence electrons. The molecule has 0 aliphatic heterocycles. The average molecular weight is 202 g/mol. The van der Waals surface area contributed by atoms with Gasteiger partial charge >= 0.3 is 12.0 Å². The van der Waals surface area contributed by atoms with Gasteiger partial charge in [-0.3, -0.25) is 4.79 Å². The first-order chi connectivity index (χ1) is 6.31. The minimum absolute atomic E-state index is 0.167. The van der Waals surface area contributed by atoms with Crippen LogP contribution in [0.1, 0.15) is 27.2 Å². The van der Waals surface area contributed by atoms with Crippen LogP contribution >= 0.6 is 0 Å². The molecule has 0 heterocycles. The third kappa shape index (κ3) is 8.83. The van der Waals surface area contributed by atoms with Gasteiger partial charge in [-0.05, 0) is 11.8 Å². The Morgan fingerprint density at radius 1 is 1.21 bits per heavy atom. The van der Waals surface area contributed by atoms with Crippen molar-refractivity contribution in [3.05, 3.63) is 0 Å². The Morgan fingerprint density at radius 3 is 2.21 bits per heavy atom. The zero-order chi connectivity index (χ0) is 11.2. The van der Waals surface area contributed by atoms with Gasteiger partial charge < -0.3 is 15.7 Å². The van der Waals surface area contributed by atoms with Crippen molar-refractivity contribution in [1.29, 1.82) is 0 Å². The first-order valence-electron chi connectivity index (χ1n) is 4.55. The topological polar surface area (TPSA) is 78.4 Å². The van der Waals surface area contributed by atoms with Gasteiger partial charge in [-0.15, -0.1) is 0 Å². The maximum Gasteiger partial charge on any atom is 0.323 e. The molecule has 0 spiro atoms. The number of rotatable bonds is 4. The maximum absolute atomic E-state index is 10.9. The number of urea groups is 1. The zero-order valence-electron chi connectivity index (χ0n) is 8.89. The van der Waals surface area contributed by atoms with E-state index in [-0.39, 0.29) is 12.0 Å². The van der Waals surface area contributed by atoms with Gasteiger partial charge in [-0.1, -0.05) is 20.8 Å². The molecule has 0 bridgehead atoms. The summed E-state index contributed by atoms with van der Waals surface area (Å²) in [4.78, 5) is 21.0. The third-order valence-electron chi connectivity index (χ3n) is 1.56.